The molecule has 0 unspecified atom stereocenters. The molecule has 0 bridgehead atoms. The molecule has 0 saturated carbocycles. The predicted octanol–water partition coefficient (Wildman–Crippen LogP) is 3.13. The summed E-state index contributed by atoms with van der Waals surface area (Å²) in [6.07, 6.45) is 2.71. The number of halogens is 1. The number of aryl methyl sites for hydroxylation is 2. The first kappa shape index (κ1) is 12.8. The molecular weight excluding hydrogens is 330 g/mol. The lowest BCUT2D eigenvalue weighted by molar-refractivity contribution is 0.663. The monoisotopic (exact) mass is 343 g/mol. The van der Waals surface area contributed by atoms with Crippen molar-refractivity contribution in [1.29, 1.82) is 0 Å². The number of nitrogens with zero attached hydrogens (tertiary/aromatic N) is 5. The molecule has 6 heteroatoms. The van der Waals surface area contributed by atoms with Crippen LogP contribution in [-0.4, -0.2) is 24.3 Å². The zero-order chi connectivity index (χ0) is 14.6. The number of hydrogen-bond donors (Lipinski definition) is 0. The van der Waals surface area contributed by atoms with Gasteiger partial charge < -0.3 is 4.57 Å². The van der Waals surface area contributed by atoms with Gasteiger partial charge in [-0.25, -0.2) is 14.6 Å². The van der Waals surface area contributed by atoms with Crippen LogP contribution in [0.25, 0.3) is 17.1 Å². The molecule has 1 aromatic carbocycles. The second-order valence-electron chi connectivity index (χ2n) is 5.17. The third kappa shape index (κ3) is 1.86. The molecule has 0 spiro atoms. The van der Waals surface area contributed by atoms with Gasteiger partial charge in [-0.1, -0.05) is 22.9 Å². The summed E-state index contributed by atoms with van der Waals surface area (Å²) >= 11 is 3.55. The first-order valence-electron chi connectivity index (χ1n) is 6.94. The Bertz CT molecular complexity index is 846. The van der Waals surface area contributed by atoms with Crippen LogP contribution in [0.15, 0.2) is 29.0 Å². The van der Waals surface area contributed by atoms with Crippen LogP contribution in [0.4, 0.5) is 0 Å². The molecular formula is C15H14BrN5. The van der Waals surface area contributed by atoms with Gasteiger partial charge in [0.2, 0.25) is 0 Å². The molecule has 0 fully saturated rings. The molecule has 0 N–H and O–H groups in total. The van der Waals surface area contributed by atoms with Crippen molar-refractivity contribution in [3.8, 4) is 17.1 Å². The molecule has 0 saturated heterocycles. The van der Waals surface area contributed by atoms with Crippen molar-refractivity contribution in [3.05, 3.63) is 46.2 Å². The van der Waals surface area contributed by atoms with Crippen molar-refractivity contribution in [2.45, 2.75) is 26.8 Å². The number of fused-ring (bicyclic) bond motifs is 5. The van der Waals surface area contributed by atoms with E-state index >= 15 is 0 Å². The van der Waals surface area contributed by atoms with Crippen LogP contribution in [0, 0.1) is 6.92 Å². The average molecular weight is 344 g/mol. The summed E-state index contributed by atoms with van der Waals surface area (Å²) in [5.74, 6) is 1.80. The van der Waals surface area contributed by atoms with Crippen molar-refractivity contribution in [2.75, 3.05) is 0 Å². The van der Waals surface area contributed by atoms with Crippen LogP contribution < -0.4 is 0 Å². The number of aromatic nitrogens is 5. The molecule has 2 aromatic heterocycles. The van der Waals surface area contributed by atoms with E-state index in [1.807, 2.05) is 24.0 Å². The average Bonchev–Trinajstić information content (AvgIpc) is 3.01. The number of hydrogen-bond acceptors (Lipinski definition) is 3. The molecule has 5 nitrogen and oxygen atoms in total. The fourth-order valence-electron chi connectivity index (χ4n) is 2.75. The Labute approximate surface area is 130 Å². The van der Waals surface area contributed by atoms with Crippen molar-refractivity contribution in [3.63, 3.8) is 0 Å². The van der Waals surface area contributed by atoms with Gasteiger partial charge in [0.15, 0.2) is 11.6 Å². The first-order valence-corrected chi connectivity index (χ1v) is 7.73. The Kier molecular flexibility index (Phi) is 2.75. The minimum absolute atomic E-state index is 0.695. The minimum atomic E-state index is 0.695. The first-order chi connectivity index (χ1) is 10.2. The maximum atomic E-state index is 4.70. The SMILES string of the molecule is CCc1nc2n(n1)Cc1c(C)ncn1-c1ccc(Br)cc1-2. The predicted molar refractivity (Wildman–Crippen MR) is 83.5 cm³/mol. The topological polar surface area (TPSA) is 48.5 Å². The summed E-state index contributed by atoms with van der Waals surface area (Å²) in [5.41, 5.74) is 4.37. The van der Waals surface area contributed by atoms with E-state index in [0.29, 0.717) is 6.54 Å². The van der Waals surface area contributed by atoms with Crippen molar-refractivity contribution in [2.24, 2.45) is 0 Å². The Morgan fingerprint density at radius 1 is 1.33 bits per heavy atom. The zero-order valence-corrected chi connectivity index (χ0v) is 13.4. The third-order valence-corrected chi connectivity index (χ3v) is 4.36. The van der Waals surface area contributed by atoms with Crippen LogP contribution in [0.1, 0.15) is 24.1 Å². The highest BCUT2D eigenvalue weighted by Gasteiger charge is 2.23. The Hall–Kier alpha value is -1.95. The molecule has 0 amide bonds. The molecule has 4 rings (SSSR count). The Morgan fingerprint density at radius 2 is 2.19 bits per heavy atom. The quantitative estimate of drug-likeness (QED) is 0.533. The molecule has 21 heavy (non-hydrogen) atoms. The zero-order valence-electron chi connectivity index (χ0n) is 11.8. The molecule has 3 heterocycles. The molecule has 3 aromatic rings. The van der Waals surface area contributed by atoms with Crippen LogP contribution in [0.2, 0.25) is 0 Å². The highest BCUT2D eigenvalue weighted by atomic mass is 79.9. The summed E-state index contributed by atoms with van der Waals surface area (Å²) < 4.78 is 5.16. The second-order valence-corrected chi connectivity index (χ2v) is 6.09. The summed E-state index contributed by atoms with van der Waals surface area (Å²) in [5, 5.41) is 4.63. The van der Waals surface area contributed by atoms with Crippen LogP contribution in [0.3, 0.4) is 0 Å². The van der Waals surface area contributed by atoms with Gasteiger partial charge in [0.25, 0.3) is 0 Å². The van der Waals surface area contributed by atoms with E-state index in [9.17, 15) is 0 Å². The van der Waals surface area contributed by atoms with E-state index < -0.39 is 0 Å². The van der Waals surface area contributed by atoms with Gasteiger partial charge in [-0.2, -0.15) is 5.10 Å². The maximum absolute atomic E-state index is 4.70. The number of rotatable bonds is 1. The maximum Gasteiger partial charge on any atom is 0.160 e. The minimum Gasteiger partial charge on any atom is -0.300 e. The van der Waals surface area contributed by atoms with Crippen molar-refractivity contribution >= 4 is 15.9 Å². The fourth-order valence-corrected chi connectivity index (χ4v) is 3.11. The van der Waals surface area contributed by atoms with E-state index in [1.165, 1.54) is 0 Å². The highest BCUT2D eigenvalue weighted by molar-refractivity contribution is 9.10. The van der Waals surface area contributed by atoms with E-state index in [4.69, 9.17) is 4.98 Å². The van der Waals surface area contributed by atoms with E-state index in [2.05, 4.69) is 49.6 Å². The standard InChI is InChI=1S/C15H14BrN5/c1-3-14-18-15-11-6-10(16)4-5-12(11)20-8-17-9(2)13(20)7-21(15)19-14/h4-6,8H,3,7H2,1-2H3. The van der Waals surface area contributed by atoms with Crippen LogP contribution in [0.5, 0.6) is 0 Å². The highest BCUT2D eigenvalue weighted by Crippen LogP contribution is 2.33. The van der Waals surface area contributed by atoms with Crippen molar-refractivity contribution in [1.82, 2.24) is 24.3 Å². The van der Waals surface area contributed by atoms with Gasteiger partial charge >= 0.3 is 0 Å². The summed E-state index contributed by atoms with van der Waals surface area (Å²) in [7, 11) is 0. The van der Waals surface area contributed by atoms with E-state index in [0.717, 1.165) is 45.2 Å². The van der Waals surface area contributed by atoms with Crippen LogP contribution in [-0.2, 0) is 13.0 Å². The van der Waals surface area contributed by atoms with Gasteiger partial charge in [-0.15, -0.1) is 0 Å². The normalized spacial score (nSPS) is 12.5. The van der Waals surface area contributed by atoms with Crippen molar-refractivity contribution < 1.29 is 0 Å². The molecule has 1 aliphatic heterocycles. The van der Waals surface area contributed by atoms with Gasteiger partial charge in [-0.05, 0) is 25.1 Å². The van der Waals surface area contributed by atoms with Gasteiger partial charge in [0, 0.05) is 16.5 Å². The lowest BCUT2D eigenvalue weighted by atomic mass is 10.1. The van der Waals surface area contributed by atoms with E-state index in [-0.39, 0.29) is 0 Å². The third-order valence-electron chi connectivity index (χ3n) is 3.87. The Morgan fingerprint density at radius 3 is 3.00 bits per heavy atom. The van der Waals surface area contributed by atoms with Gasteiger partial charge in [0.1, 0.15) is 0 Å². The Balaban J connectivity index is 2.08. The lowest BCUT2D eigenvalue weighted by Crippen LogP contribution is -2.06. The number of imidazole rings is 1. The molecule has 0 radical (unpaired) electrons. The van der Waals surface area contributed by atoms with Gasteiger partial charge in [0.05, 0.1) is 29.9 Å². The summed E-state index contributed by atoms with van der Waals surface area (Å²) in [6.45, 7) is 4.81. The number of benzene rings is 1. The summed E-state index contributed by atoms with van der Waals surface area (Å²) in [4.78, 5) is 9.15. The molecule has 1 aliphatic rings. The smallest absolute Gasteiger partial charge is 0.160 e. The molecule has 0 aliphatic carbocycles. The largest absolute Gasteiger partial charge is 0.300 e. The second kappa shape index (κ2) is 4.53. The molecule has 106 valence electrons. The summed E-state index contributed by atoms with van der Waals surface area (Å²) in [6, 6.07) is 6.24. The van der Waals surface area contributed by atoms with E-state index in [1.54, 1.807) is 0 Å². The van der Waals surface area contributed by atoms with Crippen LogP contribution >= 0.6 is 15.9 Å². The lowest BCUT2D eigenvalue weighted by Gasteiger charge is -2.08. The molecule has 0 atom stereocenters. The van der Waals surface area contributed by atoms with Gasteiger partial charge in [-0.3, -0.25) is 0 Å². The fraction of sp³-hybridized carbons (Fsp3) is 0.267.